The molecular formula is C15H23BrN2O3. The molecule has 21 heavy (non-hydrogen) atoms. The van der Waals surface area contributed by atoms with Gasteiger partial charge in [-0.25, -0.2) is 0 Å². The highest BCUT2D eigenvalue weighted by Crippen LogP contribution is 2.37. The highest BCUT2D eigenvalue weighted by atomic mass is 79.9. The molecule has 0 aliphatic carbocycles. The number of amides is 1. The third kappa shape index (κ3) is 5.21. The molecule has 0 saturated heterocycles. The molecule has 1 aromatic rings. The second-order valence-corrected chi connectivity index (χ2v) is 5.56. The van der Waals surface area contributed by atoms with E-state index in [2.05, 4.69) is 28.2 Å². The van der Waals surface area contributed by atoms with Crippen molar-refractivity contribution in [3.05, 3.63) is 22.2 Å². The molecule has 1 unspecified atom stereocenters. The molecule has 0 aliphatic heterocycles. The van der Waals surface area contributed by atoms with E-state index in [9.17, 15) is 4.79 Å². The zero-order valence-corrected chi connectivity index (χ0v) is 14.3. The minimum atomic E-state index is -0.667. The van der Waals surface area contributed by atoms with Gasteiger partial charge in [-0.2, -0.15) is 0 Å². The molecule has 0 heterocycles. The smallest absolute Gasteiger partial charge is 0.258 e. The Morgan fingerprint density at radius 3 is 2.67 bits per heavy atom. The normalized spacial score (nSPS) is 12.0. The van der Waals surface area contributed by atoms with Crippen LogP contribution >= 0.6 is 15.9 Å². The van der Waals surface area contributed by atoms with Crippen LogP contribution in [-0.4, -0.2) is 25.7 Å². The quantitative estimate of drug-likeness (QED) is 0.665. The zero-order valence-electron chi connectivity index (χ0n) is 12.7. The Labute approximate surface area is 134 Å². The molecule has 0 bridgehead atoms. The SMILES string of the molecule is CCCNCc1cc(Br)c(OC(CC)C(N)=O)c(OC)c1. The standard InChI is InChI=1S/C15H23BrN2O3/c1-4-6-18-9-10-7-11(16)14(13(8-10)20-3)21-12(5-2)15(17)19/h7-8,12,18H,4-6,9H2,1-3H3,(H2,17,19). The number of methoxy groups -OCH3 is 1. The van der Waals surface area contributed by atoms with Crippen LogP contribution in [-0.2, 0) is 11.3 Å². The third-order valence-corrected chi connectivity index (χ3v) is 3.58. The van der Waals surface area contributed by atoms with E-state index in [-0.39, 0.29) is 0 Å². The molecule has 0 fully saturated rings. The molecular weight excluding hydrogens is 336 g/mol. The van der Waals surface area contributed by atoms with Gasteiger partial charge in [0.2, 0.25) is 0 Å². The van der Waals surface area contributed by atoms with Crippen LogP contribution in [0.3, 0.4) is 0 Å². The van der Waals surface area contributed by atoms with Crippen LogP contribution in [0.5, 0.6) is 11.5 Å². The van der Waals surface area contributed by atoms with Crippen LogP contribution in [0.25, 0.3) is 0 Å². The summed E-state index contributed by atoms with van der Waals surface area (Å²) in [5.74, 6) is 0.597. The summed E-state index contributed by atoms with van der Waals surface area (Å²) < 4.78 is 11.8. The Balaban J connectivity index is 2.96. The van der Waals surface area contributed by atoms with Gasteiger partial charge in [0.25, 0.3) is 5.91 Å². The minimum Gasteiger partial charge on any atom is -0.493 e. The van der Waals surface area contributed by atoms with E-state index in [1.807, 2.05) is 19.1 Å². The van der Waals surface area contributed by atoms with Gasteiger partial charge in [-0.15, -0.1) is 0 Å². The Bertz CT molecular complexity index is 480. The summed E-state index contributed by atoms with van der Waals surface area (Å²) in [5, 5.41) is 3.33. The summed E-state index contributed by atoms with van der Waals surface area (Å²) in [6, 6.07) is 3.85. The fourth-order valence-corrected chi connectivity index (χ4v) is 2.47. The average molecular weight is 359 g/mol. The molecule has 5 nitrogen and oxygen atoms in total. The fourth-order valence-electron chi connectivity index (χ4n) is 1.88. The van der Waals surface area contributed by atoms with Crippen LogP contribution in [0.2, 0.25) is 0 Å². The van der Waals surface area contributed by atoms with Crippen LogP contribution < -0.4 is 20.5 Å². The van der Waals surface area contributed by atoms with Crippen molar-refractivity contribution in [2.75, 3.05) is 13.7 Å². The van der Waals surface area contributed by atoms with E-state index in [0.29, 0.717) is 17.9 Å². The molecule has 0 aromatic heterocycles. The lowest BCUT2D eigenvalue weighted by Gasteiger charge is -2.19. The first-order chi connectivity index (χ1) is 10.0. The van der Waals surface area contributed by atoms with Crippen molar-refractivity contribution in [2.45, 2.75) is 39.3 Å². The number of carbonyl (C=O) groups excluding carboxylic acids is 1. The van der Waals surface area contributed by atoms with E-state index < -0.39 is 12.0 Å². The van der Waals surface area contributed by atoms with Gasteiger partial charge in [0.15, 0.2) is 17.6 Å². The van der Waals surface area contributed by atoms with Crippen molar-refractivity contribution >= 4 is 21.8 Å². The van der Waals surface area contributed by atoms with Crippen molar-refractivity contribution in [3.63, 3.8) is 0 Å². The number of nitrogens with two attached hydrogens (primary N) is 1. The number of nitrogens with one attached hydrogen (secondary N) is 1. The summed E-state index contributed by atoms with van der Waals surface area (Å²) in [4.78, 5) is 11.3. The van der Waals surface area contributed by atoms with Gasteiger partial charge >= 0.3 is 0 Å². The van der Waals surface area contributed by atoms with E-state index in [1.165, 1.54) is 0 Å². The molecule has 1 aromatic carbocycles. The van der Waals surface area contributed by atoms with Crippen LogP contribution in [0, 0.1) is 0 Å². The first-order valence-corrected chi connectivity index (χ1v) is 7.85. The summed E-state index contributed by atoms with van der Waals surface area (Å²) in [6.07, 6.45) is 0.917. The monoisotopic (exact) mass is 358 g/mol. The molecule has 118 valence electrons. The molecule has 0 aliphatic rings. The number of carbonyl (C=O) groups is 1. The highest BCUT2D eigenvalue weighted by molar-refractivity contribution is 9.10. The van der Waals surface area contributed by atoms with Crippen molar-refractivity contribution in [1.82, 2.24) is 5.32 Å². The number of rotatable bonds is 9. The number of benzene rings is 1. The van der Waals surface area contributed by atoms with E-state index in [1.54, 1.807) is 7.11 Å². The van der Waals surface area contributed by atoms with Gasteiger partial charge in [-0.1, -0.05) is 13.8 Å². The van der Waals surface area contributed by atoms with E-state index >= 15 is 0 Å². The van der Waals surface area contributed by atoms with Crippen LogP contribution in [0.4, 0.5) is 0 Å². The lowest BCUT2D eigenvalue weighted by Crippen LogP contribution is -2.33. The molecule has 0 spiro atoms. The lowest BCUT2D eigenvalue weighted by molar-refractivity contribution is -0.124. The Morgan fingerprint density at radius 2 is 2.14 bits per heavy atom. The molecule has 3 N–H and O–H groups in total. The Kier molecular flexibility index (Phi) is 7.53. The summed E-state index contributed by atoms with van der Waals surface area (Å²) in [6.45, 7) is 5.67. The lowest BCUT2D eigenvalue weighted by atomic mass is 10.2. The van der Waals surface area contributed by atoms with Crippen molar-refractivity contribution < 1.29 is 14.3 Å². The van der Waals surface area contributed by atoms with Crippen LogP contribution in [0.1, 0.15) is 32.3 Å². The highest BCUT2D eigenvalue weighted by Gasteiger charge is 2.20. The minimum absolute atomic E-state index is 0.486. The van der Waals surface area contributed by atoms with Gasteiger partial charge in [-0.3, -0.25) is 4.79 Å². The van der Waals surface area contributed by atoms with Crippen molar-refractivity contribution in [2.24, 2.45) is 5.73 Å². The van der Waals surface area contributed by atoms with Gasteiger partial charge in [0.1, 0.15) is 0 Å². The maximum atomic E-state index is 11.3. The molecule has 0 radical (unpaired) electrons. The Morgan fingerprint density at radius 1 is 1.43 bits per heavy atom. The molecule has 1 rings (SSSR count). The third-order valence-electron chi connectivity index (χ3n) is 2.99. The van der Waals surface area contributed by atoms with Gasteiger partial charge in [-0.05, 0) is 53.0 Å². The maximum Gasteiger partial charge on any atom is 0.258 e. The average Bonchev–Trinajstić information content (AvgIpc) is 2.45. The summed E-state index contributed by atoms with van der Waals surface area (Å²) >= 11 is 3.47. The van der Waals surface area contributed by atoms with Gasteiger partial charge < -0.3 is 20.5 Å². The number of hydrogen-bond acceptors (Lipinski definition) is 4. The van der Waals surface area contributed by atoms with Crippen molar-refractivity contribution in [1.29, 1.82) is 0 Å². The zero-order chi connectivity index (χ0) is 15.8. The van der Waals surface area contributed by atoms with E-state index in [4.69, 9.17) is 15.2 Å². The molecule has 1 atom stereocenters. The maximum absolute atomic E-state index is 11.3. The molecule has 1 amide bonds. The summed E-state index contributed by atoms with van der Waals surface area (Å²) in [7, 11) is 1.57. The Hall–Kier alpha value is -1.27. The molecule has 0 saturated carbocycles. The first kappa shape index (κ1) is 17.8. The van der Waals surface area contributed by atoms with Gasteiger partial charge in [0, 0.05) is 6.54 Å². The van der Waals surface area contributed by atoms with Crippen molar-refractivity contribution in [3.8, 4) is 11.5 Å². The topological polar surface area (TPSA) is 73.6 Å². The first-order valence-electron chi connectivity index (χ1n) is 7.06. The van der Waals surface area contributed by atoms with E-state index in [0.717, 1.165) is 29.5 Å². The number of primary amides is 1. The largest absolute Gasteiger partial charge is 0.493 e. The number of halogens is 1. The predicted octanol–water partition coefficient (Wildman–Crippen LogP) is 2.60. The fraction of sp³-hybridized carbons (Fsp3) is 0.533. The molecule has 6 heteroatoms. The number of ether oxygens (including phenoxy) is 2. The second-order valence-electron chi connectivity index (χ2n) is 4.70. The second kappa shape index (κ2) is 8.89. The number of hydrogen-bond donors (Lipinski definition) is 2. The van der Waals surface area contributed by atoms with Gasteiger partial charge in [0.05, 0.1) is 11.6 Å². The predicted molar refractivity (Wildman–Crippen MR) is 86.6 cm³/mol. The van der Waals surface area contributed by atoms with Crippen LogP contribution in [0.15, 0.2) is 16.6 Å². The summed E-state index contributed by atoms with van der Waals surface area (Å²) in [5.41, 5.74) is 6.39.